The van der Waals surface area contributed by atoms with E-state index in [0.29, 0.717) is 30.8 Å². The van der Waals surface area contributed by atoms with E-state index in [2.05, 4.69) is 30.7 Å². The fraction of sp³-hybridized carbons (Fsp3) is 0.522. The number of piperazine rings is 1. The van der Waals surface area contributed by atoms with Crippen LogP contribution >= 0.6 is 0 Å². The summed E-state index contributed by atoms with van der Waals surface area (Å²) in [5.74, 6) is 5.23. The minimum Gasteiger partial charge on any atom is -0.461 e. The number of anilines is 1. The molecule has 1 saturated carbocycles. The second kappa shape index (κ2) is 8.01. The van der Waals surface area contributed by atoms with Crippen LogP contribution in [0, 0.1) is 12.8 Å². The van der Waals surface area contributed by atoms with Crippen molar-refractivity contribution in [2.75, 3.05) is 31.1 Å². The van der Waals surface area contributed by atoms with Gasteiger partial charge in [0.15, 0.2) is 0 Å². The van der Waals surface area contributed by atoms with Crippen LogP contribution < -0.4 is 4.90 Å². The molecule has 2 atom stereocenters. The maximum Gasteiger partial charge on any atom is 0.246 e. The van der Waals surface area contributed by atoms with E-state index in [9.17, 15) is 4.79 Å². The first-order valence-corrected chi connectivity index (χ1v) is 10.6. The van der Waals surface area contributed by atoms with Crippen molar-refractivity contribution in [1.82, 2.24) is 14.9 Å². The highest BCUT2D eigenvalue weighted by Gasteiger charge is 2.36. The molecule has 3 heterocycles. The third-order valence-corrected chi connectivity index (χ3v) is 5.80. The summed E-state index contributed by atoms with van der Waals surface area (Å²) in [6.45, 7) is 11.4. The Bertz CT molecular complexity index is 909. The molecule has 0 bridgehead atoms. The lowest BCUT2D eigenvalue weighted by atomic mass is 10.2. The summed E-state index contributed by atoms with van der Waals surface area (Å²) in [5, 5.41) is 0. The molecule has 154 valence electrons. The Hall–Kier alpha value is -2.63. The summed E-state index contributed by atoms with van der Waals surface area (Å²) in [5.41, 5.74) is 0.985. The molecule has 1 saturated heterocycles. The normalized spacial score (nSPS) is 22.0. The van der Waals surface area contributed by atoms with Crippen LogP contribution in [0.3, 0.4) is 0 Å². The van der Waals surface area contributed by atoms with Gasteiger partial charge in [-0.25, -0.2) is 9.97 Å². The van der Waals surface area contributed by atoms with E-state index in [1.165, 1.54) is 6.42 Å². The summed E-state index contributed by atoms with van der Waals surface area (Å²) >= 11 is 0. The second-order valence-electron chi connectivity index (χ2n) is 8.59. The molecule has 6 nitrogen and oxygen atoms in total. The number of aromatic nitrogens is 2. The standard InChI is InChI=1S/C23H30N4O2/c1-15(2)23-24-17(4)14-21(25-23)26-9-11-27(12-10-26)22(28)8-6-18-5-7-20(29-18)19-13-16(19)3/h5-8,14-16,19H,9-13H2,1-4H3/b8-6+/t16-,19-/m1/s1. The number of hydrogen-bond acceptors (Lipinski definition) is 5. The van der Waals surface area contributed by atoms with Gasteiger partial charge in [0, 0.05) is 55.9 Å². The van der Waals surface area contributed by atoms with Crippen LogP contribution in [0.5, 0.6) is 0 Å². The molecular weight excluding hydrogens is 364 g/mol. The van der Waals surface area contributed by atoms with Crippen molar-refractivity contribution in [2.24, 2.45) is 5.92 Å². The first-order valence-electron chi connectivity index (χ1n) is 10.6. The zero-order chi connectivity index (χ0) is 20.5. The molecule has 0 N–H and O–H groups in total. The van der Waals surface area contributed by atoms with Crippen LogP contribution in [-0.2, 0) is 4.79 Å². The van der Waals surface area contributed by atoms with Gasteiger partial charge in [-0.2, -0.15) is 0 Å². The van der Waals surface area contributed by atoms with Gasteiger partial charge in [0.1, 0.15) is 23.2 Å². The van der Waals surface area contributed by atoms with E-state index in [-0.39, 0.29) is 5.91 Å². The summed E-state index contributed by atoms with van der Waals surface area (Å²) in [6, 6.07) is 6.01. The average Bonchev–Trinajstić information content (AvgIpc) is 3.25. The highest BCUT2D eigenvalue weighted by molar-refractivity contribution is 5.91. The van der Waals surface area contributed by atoms with E-state index in [1.54, 1.807) is 12.2 Å². The van der Waals surface area contributed by atoms with Gasteiger partial charge < -0.3 is 14.2 Å². The number of nitrogens with zero attached hydrogens (tertiary/aromatic N) is 4. The van der Waals surface area contributed by atoms with Crippen LogP contribution in [0.4, 0.5) is 5.82 Å². The van der Waals surface area contributed by atoms with Gasteiger partial charge in [-0.15, -0.1) is 0 Å². The lowest BCUT2D eigenvalue weighted by Gasteiger charge is -2.35. The van der Waals surface area contributed by atoms with Crippen molar-refractivity contribution in [3.05, 3.63) is 47.3 Å². The molecule has 0 radical (unpaired) electrons. The number of furan rings is 1. The number of amides is 1. The second-order valence-corrected chi connectivity index (χ2v) is 8.59. The zero-order valence-corrected chi connectivity index (χ0v) is 17.8. The molecule has 1 aliphatic carbocycles. The van der Waals surface area contributed by atoms with Crippen molar-refractivity contribution in [3.8, 4) is 0 Å². The number of carbonyl (C=O) groups excluding carboxylic acids is 1. The van der Waals surface area contributed by atoms with Crippen LogP contribution in [0.2, 0.25) is 0 Å². The Balaban J connectivity index is 1.33. The van der Waals surface area contributed by atoms with Crippen molar-refractivity contribution in [3.63, 3.8) is 0 Å². The van der Waals surface area contributed by atoms with Gasteiger partial charge >= 0.3 is 0 Å². The fourth-order valence-corrected chi connectivity index (χ4v) is 3.79. The monoisotopic (exact) mass is 394 g/mol. The molecular formula is C23H30N4O2. The Labute approximate surface area is 172 Å². The van der Waals surface area contributed by atoms with E-state index in [4.69, 9.17) is 9.40 Å². The molecule has 0 unspecified atom stereocenters. The van der Waals surface area contributed by atoms with E-state index in [0.717, 1.165) is 41.9 Å². The van der Waals surface area contributed by atoms with Gasteiger partial charge in [0.2, 0.25) is 5.91 Å². The minimum absolute atomic E-state index is 0.0316. The first kappa shape index (κ1) is 19.7. The topological polar surface area (TPSA) is 62.5 Å². The van der Waals surface area contributed by atoms with Gasteiger partial charge in [-0.05, 0) is 37.5 Å². The van der Waals surface area contributed by atoms with Gasteiger partial charge in [-0.3, -0.25) is 4.79 Å². The smallest absolute Gasteiger partial charge is 0.246 e. The van der Waals surface area contributed by atoms with Crippen LogP contribution in [0.1, 0.15) is 62.1 Å². The maximum absolute atomic E-state index is 12.6. The van der Waals surface area contributed by atoms with Crippen molar-refractivity contribution in [1.29, 1.82) is 0 Å². The highest BCUT2D eigenvalue weighted by Crippen LogP contribution is 2.47. The van der Waals surface area contributed by atoms with Gasteiger partial charge in [0.25, 0.3) is 0 Å². The predicted octanol–water partition coefficient (Wildman–Crippen LogP) is 3.99. The molecule has 29 heavy (non-hydrogen) atoms. The van der Waals surface area contributed by atoms with E-state index < -0.39 is 0 Å². The van der Waals surface area contributed by atoms with Crippen LogP contribution in [0.15, 0.2) is 28.7 Å². The summed E-state index contributed by atoms with van der Waals surface area (Å²) in [7, 11) is 0. The summed E-state index contributed by atoms with van der Waals surface area (Å²) in [6.07, 6.45) is 4.61. The minimum atomic E-state index is 0.0316. The quantitative estimate of drug-likeness (QED) is 0.718. The Morgan fingerprint density at radius 1 is 1.21 bits per heavy atom. The Kier molecular flexibility index (Phi) is 5.43. The molecule has 1 amide bonds. The van der Waals surface area contributed by atoms with Crippen molar-refractivity contribution >= 4 is 17.8 Å². The lowest BCUT2D eigenvalue weighted by Crippen LogP contribution is -2.48. The molecule has 6 heteroatoms. The van der Waals surface area contributed by atoms with Gasteiger partial charge in [0.05, 0.1) is 0 Å². The Morgan fingerprint density at radius 3 is 2.59 bits per heavy atom. The van der Waals surface area contributed by atoms with E-state index >= 15 is 0 Å². The third kappa shape index (κ3) is 4.52. The third-order valence-electron chi connectivity index (χ3n) is 5.80. The van der Waals surface area contributed by atoms with E-state index in [1.807, 2.05) is 30.0 Å². The fourth-order valence-electron chi connectivity index (χ4n) is 3.79. The molecule has 1 aliphatic heterocycles. The molecule has 0 spiro atoms. The lowest BCUT2D eigenvalue weighted by molar-refractivity contribution is -0.126. The largest absolute Gasteiger partial charge is 0.461 e. The number of aryl methyl sites for hydroxylation is 1. The molecule has 2 aliphatic rings. The molecule has 2 fully saturated rings. The number of carbonyl (C=O) groups is 1. The zero-order valence-electron chi connectivity index (χ0n) is 17.8. The SMILES string of the molecule is Cc1cc(N2CCN(C(=O)/C=C/c3ccc([C@@H]4C[C@H]4C)o3)CC2)nc(C(C)C)n1. The molecule has 2 aromatic heterocycles. The number of rotatable bonds is 5. The first-order chi connectivity index (χ1) is 13.9. The molecule has 0 aromatic carbocycles. The maximum atomic E-state index is 12.6. The molecule has 2 aromatic rings. The average molecular weight is 395 g/mol. The van der Waals surface area contributed by atoms with Crippen molar-refractivity contribution < 1.29 is 9.21 Å². The van der Waals surface area contributed by atoms with Crippen LogP contribution in [0.25, 0.3) is 6.08 Å². The van der Waals surface area contributed by atoms with Crippen molar-refractivity contribution in [2.45, 2.75) is 46.0 Å². The molecule has 4 rings (SSSR count). The highest BCUT2D eigenvalue weighted by atomic mass is 16.3. The van der Waals surface area contributed by atoms with Gasteiger partial charge in [-0.1, -0.05) is 20.8 Å². The Morgan fingerprint density at radius 2 is 1.93 bits per heavy atom. The summed E-state index contributed by atoms with van der Waals surface area (Å²) < 4.78 is 5.85. The summed E-state index contributed by atoms with van der Waals surface area (Å²) in [4.78, 5) is 25.9. The van der Waals surface area contributed by atoms with Crippen LogP contribution in [-0.4, -0.2) is 47.0 Å². The number of hydrogen-bond donors (Lipinski definition) is 0. The predicted molar refractivity (Wildman–Crippen MR) is 114 cm³/mol.